The van der Waals surface area contributed by atoms with Crippen LogP contribution in [0.2, 0.25) is 0 Å². The van der Waals surface area contributed by atoms with Gasteiger partial charge in [0.25, 0.3) is 0 Å². The molecule has 20 heavy (non-hydrogen) atoms. The Kier molecular flexibility index (Phi) is 7.42. The third-order valence-electron chi connectivity index (χ3n) is 4.29. The topological polar surface area (TPSA) is 9.72 Å². The molecule has 0 aromatic heterocycles. The molecule has 118 valence electrons. The van der Waals surface area contributed by atoms with E-state index in [0.717, 1.165) is 26.2 Å². The maximum atomic E-state index is 2.68. The summed E-state index contributed by atoms with van der Waals surface area (Å²) in [6, 6.07) is 0.592. The van der Waals surface area contributed by atoms with Gasteiger partial charge in [0.2, 0.25) is 0 Å². The van der Waals surface area contributed by atoms with Crippen LogP contribution in [0.3, 0.4) is 0 Å². The highest BCUT2D eigenvalue weighted by Gasteiger charge is 2.45. The van der Waals surface area contributed by atoms with Crippen LogP contribution >= 0.6 is 0 Å². The van der Waals surface area contributed by atoms with Crippen molar-refractivity contribution >= 4 is 0 Å². The Bertz CT molecular complexity index is 275. The largest absolute Gasteiger partial charge is 0.372 e. The van der Waals surface area contributed by atoms with Crippen LogP contribution < -0.4 is 0 Å². The van der Waals surface area contributed by atoms with Crippen molar-refractivity contribution in [1.29, 1.82) is 0 Å². The molecule has 0 saturated heterocycles. The molecule has 0 aromatic carbocycles. The lowest BCUT2D eigenvalue weighted by Gasteiger charge is -2.27. The predicted molar refractivity (Wildman–Crippen MR) is 88.8 cm³/mol. The highest BCUT2D eigenvalue weighted by Crippen LogP contribution is 2.41. The monoisotopic (exact) mass is 281 g/mol. The lowest BCUT2D eigenvalue weighted by Crippen LogP contribution is -2.35. The van der Waals surface area contributed by atoms with Crippen molar-refractivity contribution in [3.63, 3.8) is 0 Å². The Hall–Kier alpha value is -0.700. The van der Waals surface area contributed by atoms with Gasteiger partial charge in [0.1, 0.15) is 0 Å². The molecule has 0 spiro atoms. The fraction of sp³-hybridized carbons (Fsp3) is 0.882. The van der Waals surface area contributed by atoms with Gasteiger partial charge >= 0.3 is 0 Å². The van der Waals surface area contributed by atoms with E-state index < -0.39 is 0 Å². The first-order valence-corrected chi connectivity index (χ1v) is 8.67. The summed E-state index contributed by atoms with van der Waals surface area (Å²) in [6.45, 7) is 20.6. The van der Waals surface area contributed by atoms with Gasteiger partial charge in [0, 0.05) is 26.2 Å². The zero-order valence-electron chi connectivity index (χ0n) is 14.6. The first-order chi connectivity index (χ1) is 9.69. The quantitative estimate of drug-likeness (QED) is 0.575. The molecule has 0 heterocycles. The third kappa shape index (κ3) is 3.69. The van der Waals surface area contributed by atoms with Crippen LogP contribution in [0.25, 0.3) is 0 Å². The number of nitrogens with zero attached hydrogens (tertiary/aromatic N) is 3. The van der Waals surface area contributed by atoms with Crippen molar-refractivity contribution in [2.45, 2.75) is 60.4 Å². The summed E-state index contributed by atoms with van der Waals surface area (Å²) in [5.41, 5.74) is 3.20. The normalized spacial score (nSPS) is 15.2. The Balaban J connectivity index is 2.90. The summed E-state index contributed by atoms with van der Waals surface area (Å²) in [5.74, 6) is 0. The maximum Gasteiger partial charge on any atom is 0.0939 e. The molecule has 1 aliphatic carbocycles. The van der Waals surface area contributed by atoms with Gasteiger partial charge in [0.05, 0.1) is 17.4 Å². The maximum absolute atomic E-state index is 2.68. The summed E-state index contributed by atoms with van der Waals surface area (Å²) in [4.78, 5) is 7.79. The smallest absolute Gasteiger partial charge is 0.0939 e. The fourth-order valence-corrected chi connectivity index (χ4v) is 3.28. The SMILES string of the molecule is CCCN(CCC)C1C(N(CC)CC)=C1N(CC)CC. The molecule has 3 nitrogen and oxygen atoms in total. The second-order valence-corrected chi connectivity index (χ2v) is 5.55. The molecule has 0 fully saturated rings. The molecule has 0 aromatic rings. The molecular formula is C17H35N3. The van der Waals surface area contributed by atoms with Crippen molar-refractivity contribution in [3.8, 4) is 0 Å². The molecule has 0 amide bonds. The standard InChI is InChI=1S/C17H35N3/c1-7-13-20(14-8-2)17-15(18(9-3)10-4)16(17)19(11-5)12-6/h17H,7-14H2,1-6H3. The van der Waals surface area contributed by atoms with Crippen molar-refractivity contribution in [3.05, 3.63) is 11.4 Å². The van der Waals surface area contributed by atoms with Crippen LogP contribution in [-0.4, -0.2) is 60.0 Å². The molecule has 3 heteroatoms. The number of rotatable bonds is 11. The lowest BCUT2D eigenvalue weighted by molar-refractivity contribution is 0.233. The average Bonchev–Trinajstić information content (AvgIpc) is 3.17. The molecule has 0 atom stereocenters. The van der Waals surface area contributed by atoms with E-state index in [2.05, 4.69) is 56.2 Å². The van der Waals surface area contributed by atoms with Crippen LogP contribution in [-0.2, 0) is 0 Å². The van der Waals surface area contributed by atoms with Crippen LogP contribution in [0.15, 0.2) is 11.4 Å². The van der Waals surface area contributed by atoms with E-state index in [1.54, 1.807) is 11.4 Å². The molecular weight excluding hydrogens is 246 g/mol. The summed E-state index contributed by atoms with van der Waals surface area (Å²) in [7, 11) is 0. The number of likely N-dealkylation sites (N-methyl/N-ethyl adjacent to an activating group) is 2. The Labute approximate surface area is 126 Å². The van der Waals surface area contributed by atoms with E-state index in [0.29, 0.717) is 6.04 Å². The molecule has 0 unspecified atom stereocenters. The van der Waals surface area contributed by atoms with Crippen molar-refractivity contribution < 1.29 is 0 Å². The van der Waals surface area contributed by atoms with E-state index >= 15 is 0 Å². The van der Waals surface area contributed by atoms with E-state index in [1.165, 1.54) is 25.9 Å². The second-order valence-electron chi connectivity index (χ2n) is 5.55. The number of hydrogen-bond donors (Lipinski definition) is 0. The van der Waals surface area contributed by atoms with Gasteiger partial charge in [-0.1, -0.05) is 13.8 Å². The van der Waals surface area contributed by atoms with Crippen LogP contribution in [0.1, 0.15) is 54.4 Å². The van der Waals surface area contributed by atoms with E-state index in [9.17, 15) is 0 Å². The van der Waals surface area contributed by atoms with Gasteiger partial charge in [-0.05, 0) is 53.6 Å². The minimum Gasteiger partial charge on any atom is -0.372 e. The Morgan fingerprint density at radius 2 is 1.00 bits per heavy atom. The second kappa shape index (κ2) is 8.56. The minimum absolute atomic E-state index is 0.592. The van der Waals surface area contributed by atoms with Crippen LogP contribution in [0.5, 0.6) is 0 Å². The van der Waals surface area contributed by atoms with Gasteiger partial charge < -0.3 is 9.80 Å². The number of hydrogen-bond acceptors (Lipinski definition) is 3. The predicted octanol–water partition coefficient (Wildman–Crippen LogP) is 3.39. The van der Waals surface area contributed by atoms with E-state index in [4.69, 9.17) is 0 Å². The molecule has 0 N–H and O–H groups in total. The summed E-state index contributed by atoms with van der Waals surface area (Å²) >= 11 is 0. The molecule has 1 aliphatic rings. The van der Waals surface area contributed by atoms with Gasteiger partial charge in [-0.15, -0.1) is 0 Å². The highest BCUT2D eigenvalue weighted by molar-refractivity contribution is 5.44. The van der Waals surface area contributed by atoms with Gasteiger partial charge in [-0.25, -0.2) is 0 Å². The van der Waals surface area contributed by atoms with Crippen molar-refractivity contribution in [2.75, 3.05) is 39.3 Å². The minimum atomic E-state index is 0.592. The fourth-order valence-electron chi connectivity index (χ4n) is 3.28. The van der Waals surface area contributed by atoms with Crippen LogP contribution in [0, 0.1) is 0 Å². The first-order valence-electron chi connectivity index (χ1n) is 8.67. The van der Waals surface area contributed by atoms with Gasteiger partial charge in [0.15, 0.2) is 0 Å². The summed E-state index contributed by atoms with van der Waals surface area (Å²) < 4.78 is 0. The Morgan fingerprint density at radius 1 is 0.650 bits per heavy atom. The van der Waals surface area contributed by atoms with Crippen LogP contribution in [0.4, 0.5) is 0 Å². The lowest BCUT2D eigenvalue weighted by atomic mass is 10.3. The van der Waals surface area contributed by atoms with E-state index in [-0.39, 0.29) is 0 Å². The molecule has 0 radical (unpaired) electrons. The zero-order chi connectivity index (χ0) is 15.1. The zero-order valence-corrected chi connectivity index (χ0v) is 14.6. The van der Waals surface area contributed by atoms with Gasteiger partial charge in [-0.3, -0.25) is 4.90 Å². The van der Waals surface area contributed by atoms with E-state index in [1.807, 2.05) is 0 Å². The summed E-state index contributed by atoms with van der Waals surface area (Å²) in [5, 5.41) is 0. The summed E-state index contributed by atoms with van der Waals surface area (Å²) in [6.07, 6.45) is 2.49. The molecule has 0 saturated carbocycles. The third-order valence-corrected chi connectivity index (χ3v) is 4.29. The average molecular weight is 281 g/mol. The Morgan fingerprint density at radius 3 is 1.25 bits per heavy atom. The van der Waals surface area contributed by atoms with Crippen molar-refractivity contribution in [1.82, 2.24) is 14.7 Å². The molecule has 1 rings (SSSR count). The molecule has 0 aliphatic heterocycles. The first kappa shape index (κ1) is 17.4. The highest BCUT2D eigenvalue weighted by atomic mass is 15.3. The van der Waals surface area contributed by atoms with Gasteiger partial charge in [-0.2, -0.15) is 0 Å². The molecule has 0 bridgehead atoms. The van der Waals surface area contributed by atoms with Crippen molar-refractivity contribution in [2.24, 2.45) is 0 Å².